The van der Waals surface area contributed by atoms with Crippen LogP contribution in [0.15, 0.2) is 72.8 Å². The van der Waals surface area contributed by atoms with Crippen molar-refractivity contribution in [2.24, 2.45) is 0 Å². The van der Waals surface area contributed by atoms with Gasteiger partial charge in [0.2, 0.25) is 0 Å². The Morgan fingerprint density at radius 1 is 0.500 bits per heavy atom. The highest BCUT2D eigenvalue weighted by atomic mass is 31.2. The summed E-state index contributed by atoms with van der Waals surface area (Å²) in [5, 5.41) is 28.1. The monoisotopic (exact) mass is 458 g/mol. The summed E-state index contributed by atoms with van der Waals surface area (Å²) in [7, 11) is -3.81. The standard InChI is InChI=1S/C24H27O7P/c25-22-7-1-19(2-8-22)13-16-29-32(28,30-17-14-20-3-9-23(26)10-4-20)31-18-15-21-5-11-24(27)12-6-21/h1-12,25-27H,13-18H2. The Balaban J connectivity index is 1.54. The van der Waals surface area contributed by atoms with Crippen LogP contribution in [0.2, 0.25) is 0 Å². The minimum atomic E-state index is -3.81. The summed E-state index contributed by atoms with van der Waals surface area (Å²) in [4.78, 5) is 0. The Hall–Kier alpha value is -2.83. The largest absolute Gasteiger partial charge is 0.508 e. The van der Waals surface area contributed by atoms with Gasteiger partial charge in [-0.05, 0) is 72.4 Å². The topological polar surface area (TPSA) is 105 Å². The van der Waals surface area contributed by atoms with Gasteiger partial charge in [0.05, 0.1) is 19.8 Å². The lowest BCUT2D eigenvalue weighted by molar-refractivity contribution is 0.116. The number of rotatable bonds is 12. The summed E-state index contributed by atoms with van der Waals surface area (Å²) in [6.45, 7) is 0.376. The maximum absolute atomic E-state index is 13.2. The molecule has 0 unspecified atom stereocenters. The summed E-state index contributed by atoms with van der Waals surface area (Å²) in [6, 6.07) is 20.1. The van der Waals surface area contributed by atoms with Gasteiger partial charge in [0, 0.05) is 0 Å². The van der Waals surface area contributed by atoms with E-state index in [4.69, 9.17) is 13.6 Å². The average Bonchev–Trinajstić information content (AvgIpc) is 2.78. The molecule has 0 fully saturated rings. The second-order valence-corrected chi connectivity index (χ2v) is 8.87. The molecule has 8 heteroatoms. The summed E-state index contributed by atoms with van der Waals surface area (Å²) in [6.07, 6.45) is 1.44. The van der Waals surface area contributed by atoms with Crippen molar-refractivity contribution in [1.29, 1.82) is 0 Å². The van der Waals surface area contributed by atoms with Crippen molar-refractivity contribution < 1.29 is 33.5 Å². The zero-order valence-electron chi connectivity index (χ0n) is 17.6. The molecule has 0 radical (unpaired) electrons. The van der Waals surface area contributed by atoms with E-state index >= 15 is 0 Å². The van der Waals surface area contributed by atoms with Crippen LogP contribution in [0.25, 0.3) is 0 Å². The third-order valence-corrected chi connectivity index (χ3v) is 6.23. The Labute approximate surface area is 187 Å². The molecule has 32 heavy (non-hydrogen) atoms. The molecule has 3 aromatic rings. The van der Waals surface area contributed by atoms with Gasteiger partial charge < -0.3 is 15.3 Å². The van der Waals surface area contributed by atoms with Crippen LogP contribution in [0.1, 0.15) is 16.7 Å². The minimum absolute atomic E-state index is 0.125. The molecule has 3 rings (SSSR count). The molecule has 0 atom stereocenters. The van der Waals surface area contributed by atoms with E-state index in [1.807, 2.05) is 0 Å². The van der Waals surface area contributed by atoms with E-state index in [9.17, 15) is 19.9 Å². The Bertz CT molecular complexity index is 870. The van der Waals surface area contributed by atoms with Crippen molar-refractivity contribution in [3.8, 4) is 17.2 Å². The van der Waals surface area contributed by atoms with E-state index in [1.54, 1.807) is 72.8 Å². The number of phosphoric acid groups is 1. The Kier molecular flexibility index (Phi) is 8.71. The fourth-order valence-electron chi connectivity index (χ4n) is 2.93. The maximum Gasteiger partial charge on any atom is 0.474 e. The van der Waals surface area contributed by atoms with Crippen LogP contribution in [-0.2, 0) is 37.4 Å². The van der Waals surface area contributed by atoms with E-state index in [1.165, 1.54) is 0 Å². The van der Waals surface area contributed by atoms with Gasteiger partial charge in [0.15, 0.2) is 0 Å². The number of phosphoric ester groups is 1. The summed E-state index contributed by atoms with van der Waals surface area (Å²) in [5.74, 6) is 0.529. The second-order valence-electron chi connectivity index (χ2n) is 7.20. The summed E-state index contributed by atoms with van der Waals surface area (Å²) in [5.41, 5.74) is 2.76. The molecule has 0 aliphatic heterocycles. The van der Waals surface area contributed by atoms with Gasteiger partial charge in [-0.25, -0.2) is 4.57 Å². The van der Waals surface area contributed by atoms with E-state index in [0.717, 1.165) is 16.7 Å². The quantitative estimate of drug-likeness (QED) is 0.328. The van der Waals surface area contributed by atoms with Gasteiger partial charge in [-0.3, -0.25) is 13.6 Å². The van der Waals surface area contributed by atoms with Crippen LogP contribution in [0.3, 0.4) is 0 Å². The van der Waals surface area contributed by atoms with Gasteiger partial charge >= 0.3 is 7.82 Å². The molecule has 0 aliphatic rings. The summed E-state index contributed by atoms with van der Waals surface area (Å²) >= 11 is 0. The van der Waals surface area contributed by atoms with E-state index in [0.29, 0.717) is 19.3 Å². The molecule has 0 saturated heterocycles. The Morgan fingerprint density at radius 2 is 0.750 bits per heavy atom. The van der Waals surface area contributed by atoms with Crippen molar-refractivity contribution in [3.05, 3.63) is 89.5 Å². The fourth-order valence-corrected chi connectivity index (χ4v) is 4.09. The van der Waals surface area contributed by atoms with Crippen LogP contribution in [0.4, 0.5) is 0 Å². The lowest BCUT2D eigenvalue weighted by Crippen LogP contribution is -2.07. The van der Waals surface area contributed by atoms with E-state index in [2.05, 4.69) is 0 Å². The van der Waals surface area contributed by atoms with E-state index in [-0.39, 0.29) is 37.1 Å². The Morgan fingerprint density at radius 3 is 1.00 bits per heavy atom. The minimum Gasteiger partial charge on any atom is -0.508 e. The number of aromatic hydroxyl groups is 3. The van der Waals surface area contributed by atoms with Crippen molar-refractivity contribution in [1.82, 2.24) is 0 Å². The zero-order chi connectivity index (χ0) is 22.8. The number of phenols is 3. The van der Waals surface area contributed by atoms with Gasteiger partial charge in [-0.2, -0.15) is 0 Å². The van der Waals surface area contributed by atoms with Crippen LogP contribution >= 0.6 is 7.82 Å². The highest BCUT2D eigenvalue weighted by Crippen LogP contribution is 2.49. The number of phenolic OH excluding ortho intramolecular Hbond substituents is 3. The first-order valence-electron chi connectivity index (χ1n) is 10.3. The third-order valence-electron chi connectivity index (χ3n) is 4.73. The van der Waals surface area contributed by atoms with Crippen LogP contribution in [0, 0.1) is 0 Å². The van der Waals surface area contributed by atoms with Gasteiger partial charge in [0.25, 0.3) is 0 Å². The van der Waals surface area contributed by atoms with Crippen molar-refractivity contribution in [2.75, 3.05) is 19.8 Å². The van der Waals surface area contributed by atoms with Crippen molar-refractivity contribution in [2.45, 2.75) is 19.3 Å². The highest BCUT2D eigenvalue weighted by molar-refractivity contribution is 7.48. The number of benzene rings is 3. The van der Waals surface area contributed by atoms with Gasteiger partial charge in [0.1, 0.15) is 17.2 Å². The first-order valence-corrected chi connectivity index (χ1v) is 11.8. The fraction of sp³-hybridized carbons (Fsp3) is 0.250. The first-order chi connectivity index (χ1) is 15.4. The molecule has 0 bridgehead atoms. The predicted molar refractivity (Wildman–Crippen MR) is 121 cm³/mol. The van der Waals surface area contributed by atoms with E-state index < -0.39 is 7.82 Å². The SMILES string of the molecule is O=P(OCCc1ccc(O)cc1)(OCCc1ccc(O)cc1)OCCc1ccc(O)cc1. The predicted octanol–water partition coefficient (Wildman–Crippen LogP) is 4.99. The first kappa shape index (κ1) is 23.8. The highest BCUT2D eigenvalue weighted by Gasteiger charge is 2.26. The average molecular weight is 458 g/mol. The molecule has 3 N–H and O–H groups in total. The molecule has 0 saturated carbocycles. The second kappa shape index (κ2) is 11.7. The lowest BCUT2D eigenvalue weighted by atomic mass is 10.2. The van der Waals surface area contributed by atoms with Crippen LogP contribution in [-0.4, -0.2) is 35.1 Å². The number of hydrogen-bond donors (Lipinski definition) is 3. The zero-order valence-corrected chi connectivity index (χ0v) is 18.5. The molecule has 3 aromatic carbocycles. The molecule has 0 aromatic heterocycles. The summed E-state index contributed by atoms with van der Waals surface area (Å²) < 4.78 is 29.8. The molecule has 0 heterocycles. The van der Waals surface area contributed by atoms with Gasteiger partial charge in [-0.15, -0.1) is 0 Å². The molecular formula is C24H27O7P. The van der Waals surface area contributed by atoms with Crippen molar-refractivity contribution >= 4 is 7.82 Å². The number of hydrogen-bond acceptors (Lipinski definition) is 7. The molecular weight excluding hydrogens is 431 g/mol. The molecule has 170 valence electrons. The van der Waals surface area contributed by atoms with Crippen LogP contribution in [0.5, 0.6) is 17.2 Å². The third kappa shape index (κ3) is 8.02. The van der Waals surface area contributed by atoms with Gasteiger partial charge in [-0.1, -0.05) is 36.4 Å². The lowest BCUT2D eigenvalue weighted by Gasteiger charge is -2.18. The molecule has 0 spiro atoms. The molecule has 0 amide bonds. The molecule has 7 nitrogen and oxygen atoms in total. The smallest absolute Gasteiger partial charge is 0.474 e. The maximum atomic E-state index is 13.2. The normalized spacial score (nSPS) is 11.5. The molecule has 0 aliphatic carbocycles. The van der Waals surface area contributed by atoms with Crippen LogP contribution < -0.4 is 0 Å². The van der Waals surface area contributed by atoms with Crippen molar-refractivity contribution in [3.63, 3.8) is 0 Å².